The van der Waals surface area contributed by atoms with E-state index in [2.05, 4.69) is 20.7 Å². The van der Waals surface area contributed by atoms with E-state index in [-0.39, 0.29) is 23.9 Å². The zero-order valence-corrected chi connectivity index (χ0v) is 18.1. The predicted octanol–water partition coefficient (Wildman–Crippen LogP) is 0.912. The summed E-state index contributed by atoms with van der Waals surface area (Å²) in [4.78, 5) is 33.0. The molecule has 2 N–H and O–H groups in total. The number of aromatic nitrogens is 2. The fraction of sp³-hybridized carbons (Fsp3) is 0.429. The van der Waals surface area contributed by atoms with Crippen LogP contribution in [0, 0.1) is 12.7 Å². The molecule has 9 nitrogen and oxygen atoms in total. The summed E-state index contributed by atoms with van der Waals surface area (Å²) in [5.74, 6) is -0.161. The first-order valence-electron chi connectivity index (χ1n) is 10.3. The number of carbonyl (C=O) groups is 2. The largest absolute Gasteiger partial charge is 0.357 e. The van der Waals surface area contributed by atoms with Gasteiger partial charge < -0.3 is 20.4 Å². The maximum absolute atomic E-state index is 13.6. The second-order valence-corrected chi connectivity index (χ2v) is 7.29. The van der Waals surface area contributed by atoms with E-state index in [1.165, 1.54) is 6.07 Å². The molecule has 0 radical (unpaired) electrons. The highest BCUT2D eigenvalue weighted by Crippen LogP contribution is 2.16. The van der Waals surface area contributed by atoms with E-state index in [1.54, 1.807) is 34.8 Å². The molecule has 1 fully saturated rings. The third kappa shape index (κ3) is 5.59. The van der Waals surface area contributed by atoms with Crippen LogP contribution in [-0.4, -0.2) is 71.7 Å². The van der Waals surface area contributed by atoms with Crippen molar-refractivity contribution in [1.29, 1.82) is 0 Å². The van der Waals surface area contributed by atoms with Gasteiger partial charge in [-0.1, -0.05) is 6.07 Å². The lowest BCUT2D eigenvalue weighted by Crippen LogP contribution is -2.55. The molecule has 1 aromatic heterocycles. The molecule has 31 heavy (non-hydrogen) atoms. The van der Waals surface area contributed by atoms with Crippen LogP contribution in [-0.2, 0) is 11.8 Å². The molecule has 0 spiro atoms. The lowest BCUT2D eigenvalue weighted by molar-refractivity contribution is -0.120. The first-order chi connectivity index (χ1) is 14.9. The second kappa shape index (κ2) is 10.1. The Labute approximate surface area is 180 Å². The average Bonchev–Trinajstić information content (AvgIpc) is 3.18. The first kappa shape index (κ1) is 22.3. The van der Waals surface area contributed by atoms with Gasteiger partial charge >= 0.3 is 0 Å². The highest BCUT2D eigenvalue weighted by molar-refractivity contribution is 5.98. The Bertz CT molecular complexity index is 972. The normalized spacial score (nSPS) is 14.7. The van der Waals surface area contributed by atoms with Crippen molar-refractivity contribution in [2.45, 2.75) is 13.8 Å². The van der Waals surface area contributed by atoms with Crippen molar-refractivity contribution < 1.29 is 14.0 Å². The minimum absolute atomic E-state index is 0.0282. The van der Waals surface area contributed by atoms with Gasteiger partial charge in [-0.25, -0.2) is 4.39 Å². The van der Waals surface area contributed by atoms with Crippen molar-refractivity contribution in [2.75, 3.05) is 44.2 Å². The number of piperazine rings is 1. The van der Waals surface area contributed by atoms with Gasteiger partial charge in [0.15, 0.2) is 5.96 Å². The number of halogens is 1. The molecule has 10 heteroatoms. The summed E-state index contributed by atoms with van der Waals surface area (Å²) >= 11 is 0. The zero-order valence-electron chi connectivity index (χ0n) is 18.1. The third-order valence-corrected chi connectivity index (χ3v) is 4.95. The number of amides is 2. The van der Waals surface area contributed by atoms with E-state index in [9.17, 15) is 14.0 Å². The molecule has 0 saturated carbocycles. The van der Waals surface area contributed by atoms with Crippen LogP contribution in [0.5, 0.6) is 0 Å². The number of nitrogens with one attached hydrogen (secondary N) is 2. The lowest BCUT2D eigenvalue weighted by atomic mass is 10.1. The van der Waals surface area contributed by atoms with Crippen LogP contribution in [0.4, 0.5) is 10.1 Å². The summed E-state index contributed by atoms with van der Waals surface area (Å²) in [6.45, 7) is 6.26. The number of aryl methyl sites for hydroxylation is 2. The fourth-order valence-corrected chi connectivity index (χ4v) is 3.27. The van der Waals surface area contributed by atoms with E-state index in [4.69, 9.17) is 0 Å². The van der Waals surface area contributed by atoms with Gasteiger partial charge in [-0.3, -0.25) is 19.3 Å². The molecule has 0 aliphatic carbocycles. The Morgan fingerprint density at radius 3 is 2.74 bits per heavy atom. The molecule has 1 aliphatic heterocycles. The van der Waals surface area contributed by atoms with Gasteiger partial charge in [0.05, 0.1) is 18.4 Å². The molecule has 166 valence electrons. The molecule has 2 amide bonds. The van der Waals surface area contributed by atoms with Gasteiger partial charge in [-0.05, 0) is 31.5 Å². The molecule has 2 heterocycles. The number of anilines is 1. The molecule has 2 aromatic rings. The molecule has 0 bridgehead atoms. The number of hydrogen-bond donors (Lipinski definition) is 2. The van der Waals surface area contributed by atoms with Gasteiger partial charge in [-0.15, -0.1) is 0 Å². The molecule has 1 aliphatic rings. The van der Waals surface area contributed by atoms with Gasteiger partial charge in [0.1, 0.15) is 12.4 Å². The fourth-order valence-electron chi connectivity index (χ4n) is 3.27. The van der Waals surface area contributed by atoms with Gasteiger partial charge in [0.25, 0.3) is 5.91 Å². The Morgan fingerprint density at radius 2 is 2.10 bits per heavy atom. The Morgan fingerprint density at radius 1 is 1.29 bits per heavy atom. The predicted molar refractivity (Wildman–Crippen MR) is 117 cm³/mol. The van der Waals surface area contributed by atoms with Crippen LogP contribution in [0.3, 0.4) is 0 Å². The summed E-state index contributed by atoms with van der Waals surface area (Å²) in [5, 5.41) is 10.1. The minimum Gasteiger partial charge on any atom is -0.357 e. The SMILES string of the molecule is CCNC(=NCCNC(=O)c1ccc(C)c(F)c1)N1CCN(c2cnn(C)c2)C(=O)C1. The van der Waals surface area contributed by atoms with E-state index >= 15 is 0 Å². The number of aliphatic imine (C=N–C) groups is 1. The van der Waals surface area contributed by atoms with Crippen LogP contribution >= 0.6 is 0 Å². The Balaban J connectivity index is 1.54. The Kier molecular flexibility index (Phi) is 7.22. The molecule has 3 rings (SSSR count). The standard InChI is InChI=1S/C21H28FN7O2/c1-4-23-21(25-8-7-24-20(31)16-6-5-15(2)18(22)11-16)28-9-10-29(19(30)14-28)17-12-26-27(3)13-17/h5-6,11-13H,4,7-10,14H2,1-3H3,(H,23,25)(H,24,31). The van der Waals surface area contributed by atoms with Gasteiger partial charge in [0.2, 0.25) is 5.91 Å². The van der Waals surface area contributed by atoms with Crippen molar-refractivity contribution in [1.82, 2.24) is 25.3 Å². The van der Waals surface area contributed by atoms with Gasteiger partial charge in [-0.2, -0.15) is 5.10 Å². The average molecular weight is 430 g/mol. The molecular weight excluding hydrogens is 401 g/mol. The van der Waals surface area contributed by atoms with E-state index in [0.717, 1.165) is 5.69 Å². The monoisotopic (exact) mass is 429 g/mol. The lowest BCUT2D eigenvalue weighted by Gasteiger charge is -2.35. The van der Waals surface area contributed by atoms with E-state index in [1.807, 2.05) is 25.1 Å². The van der Waals surface area contributed by atoms with E-state index < -0.39 is 5.82 Å². The number of guanidine groups is 1. The molecule has 1 saturated heterocycles. The number of nitrogens with zero attached hydrogens (tertiary/aromatic N) is 5. The van der Waals surface area contributed by atoms with Crippen LogP contribution in [0.2, 0.25) is 0 Å². The Hall–Kier alpha value is -3.43. The van der Waals surface area contributed by atoms with Crippen molar-refractivity contribution in [3.63, 3.8) is 0 Å². The topological polar surface area (TPSA) is 94.9 Å². The van der Waals surface area contributed by atoms with Gasteiger partial charge in [0, 0.05) is 45.0 Å². The number of rotatable bonds is 6. The summed E-state index contributed by atoms with van der Waals surface area (Å²) in [7, 11) is 1.81. The summed E-state index contributed by atoms with van der Waals surface area (Å²) in [6, 6.07) is 4.40. The zero-order chi connectivity index (χ0) is 22.4. The molecule has 1 aromatic carbocycles. The summed E-state index contributed by atoms with van der Waals surface area (Å²) in [6.07, 6.45) is 3.49. The van der Waals surface area contributed by atoms with Crippen molar-refractivity contribution in [3.05, 3.63) is 47.5 Å². The van der Waals surface area contributed by atoms with E-state index in [0.29, 0.717) is 44.2 Å². The van der Waals surface area contributed by atoms with Crippen LogP contribution in [0.25, 0.3) is 0 Å². The second-order valence-electron chi connectivity index (χ2n) is 7.29. The molecule has 0 unspecified atom stereocenters. The number of benzene rings is 1. The molecular formula is C21H28FN7O2. The van der Waals surface area contributed by atoms with Crippen molar-refractivity contribution >= 4 is 23.5 Å². The smallest absolute Gasteiger partial charge is 0.251 e. The molecule has 0 atom stereocenters. The van der Waals surface area contributed by atoms with Crippen molar-refractivity contribution in [2.24, 2.45) is 12.0 Å². The number of hydrogen-bond acceptors (Lipinski definition) is 4. The highest BCUT2D eigenvalue weighted by atomic mass is 19.1. The quantitative estimate of drug-likeness (QED) is 0.404. The van der Waals surface area contributed by atoms with Crippen LogP contribution in [0.15, 0.2) is 35.6 Å². The maximum atomic E-state index is 13.6. The minimum atomic E-state index is -0.407. The number of carbonyl (C=O) groups excluding carboxylic acids is 2. The third-order valence-electron chi connectivity index (χ3n) is 4.95. The summed E-state index contributed by atoms with van der Waals surface area (Å²) in [5.41, 5.74) is 1.55. The summed E-state index contributed by atoms with van der Waals surface area (Å²) < 4.78 is 15.3. The van der Waals surface area contributed by atoms with Crippen LogP contribution < -0.4 is 15.5 Å². The highest BCUT2D eigenvalue weighted by Gasteiger charge is 2.27. The first-order valence-corrected chi connectivity index (χ1v) is 10.3. The van der Waals surface area contributed by atoms with Crippen LogP contribution in [0.1, 0.15) is 22.8 Å². The maximum Gasteiger partial charge on any atom is 0.251 e. The van der Waals surface area contributed by atoms with Crippen molar-refractivity contribution in [3.8, 4) is 0 Å².